The van der Waals surface area contributed by atoms with E-state index in [1.165, 1.54) is 0 Å². The summed E-state index contributed by atoms with van der Waals surface area (Å²) in [4.78, 5) is 20.3. The van der Waals surface area contributed by atoms with Crippen molar-refractivity contribution in [1.82, 2.24) is 0 Å². The minimum absolute atomic E-state index is 0.273. The largest absolute Gasteiger partial charge is 0.299 e. The lowest BCUT2D eigenvalue weighted by Crippen LogP contribution is -1.83. The van der Waals surface area contributed by atoms with Gasteiger partial charge in [0.2, 0.25) is 0 Å². The van der Waals surface area contributed by atoms with Crippen LogP contribution in [0.3, 0.4) is 0 Å². The molecular weight excluding hydrogens is 152 g/mol. The van der Waals surface area contributed by atoms with Gasteiger partial charge in [0.15, 0.2) is 5.78 Å². The van der Waals surface area contributed by atoms with Crippen LogP contribution in [0, 0.1) is 0 Å². The van der Waals surface area contributed by atoms with E-state index in [0.29, 0.717) is 18.6 Å². The minimum atomic E-state index is 0.273. The van der Waals surface area contributed by atoms with Crippen LogP contribution in [0.4, 0.5) is 0 Å². The molecule has 0 aliphatic heterocycles. The Balaban J connectivity index is 0.000000120. The van der Waals surface area contributed by atoms with E-state index in [0.717, 1.165) is 12.8 Å². The predicted molar refractivity (Wildman–Crippen MR) is 46.8 cm³/mol. The van der Waals surface area contributed by atoms with Crippen molar-refractivity contribution in [2.24, 2.45) is 0 Å². The molecule has 0 saturated carbocycles. The van der Waals surface area contributed by atoms with Crippen LogP contribution >= 0.6 is 0 Å². The number of allylic oxidation sites excluding steroid dienone is 4. The SMILES string of the molecule is O=C1C=CCC1.O=C1CC=CC1. The first kappa shape index (κ1) is 8.91. The topological polar surface area (TPSA) is 34.1 Å². The molecule has 0 bridgehead atoms. The molecule has 0 N–H and O–H groups in total. The summed E-state index contributed by atoms with van der Waals surface area (Å²) in [7, 11) is 0. The van der Waals surface area contributed by atoms with Crippen LogP contribution < -0.4 is 0 Å². The van der Waals surface area contributed by atoms with Crippen LogP contribution in [0.2, 0.25) is 0 Å². The molecule has 0 heterocycles. The van der Waals surface area contributed by atoms with Gasteiger partial charge in [0.1, 0.15) is 5.78 Å². The van der Waals surface area contributed by atoms with Gasteiger partial charge < -0.3 is 0 Å². The number of Topliss-reactive ketones (excluding diaryl/α,β-unsaturated/α-hetero) is 1. The lowest BCUT2D eigenvalue weighted by Gasteiger charge is -1.72. The zero-order valence-electron chi connectivity index (χ0n) is 6.95. The fraction of sp³-hybridized carbons (Fsp3) is 0.400. The van der Waals surface area contributed by atoms with Gasteiger partial charge in [-0.2, -0.15) is 0 Å². The Morgan fingerprint density at radius 2 is 1.67 bits per heavy atom. The van der Waals surface area contributed by atoms with E-state index < -0.39 is 0 Å². The molecule has 2 heteroatoms. The summed E-state index contributed by atoms with van der Waals surface area (Å²) >= 11 is 0. The van der Waals surface area contributed by atoms with E-state index in [-0.39, 0.29) is 5.78 Å². The summed E-state index contributed by atoms with van der Waals surface area (Å²) in [5.74, 6) is 0.616. The van der Waals surface area contributed by atoms with Crippen LogP contribution in [0.1, 0.15) is 25.7 Å². The molecule has 0 fully saturated rings. The lowest BCUT2D eigenvalue weighted by molar-refractivity contribution is -0.117. The summed E-state index contributed by atoms with van der Waals surface area (Å²) in [5, 5.41) is 0. The van der Waals surface area contributed by atoms with Gasteiger partial charge >= 0.3 is 0 Å². The third-order valence-electron chi connectivity index (χ3n) is 1.72. The summed E-state index contributed by atoms with van der Waals surface area (Å²) in [6.07, 6.45) is 10.4. The molecule has 0 aromatic heterocycles. The lowest BCUT2D eigenvalue weighted by atomic mass is 10.3. The first-order chi connectivity index (χ1) is 5.79. The van der Waals surface area contributed by atoms with Crippen LogP contribution in [0.15, 0.2) is 24.3 Å². The van der Waals surface area contributed by atoms with E-state index in [1.54, 1.807) is 6.08 Å². The van der Waals surface area contributed by atoms with Gasteiger partial charge in [-0.3, -0.25) is 9.59 Å². The number of hydrogen-bond acceptors (Lipinski definition) is 2. The first-order valence-electron chi connectivity index (χ1n) is 4.15. The fourth-order valence-corrected chi connectivity index (χ4v) is 1.04. The fourth-order valence-electron chi connectivity index (χ4n) is 1.04. The highest BCUT2D eigenvalue weighted by molar-refractivity contribution is 5.91. The smallest absolute Gasteiger partial charge is 0.155 e. The van der Waals surface area contributed by atoms with Gasteiger partial charge in [0, 0.05) is 19.3 Å². The normalized spacial score (nSPS) is 19.7. The molecule has 0 spiro atoms. The van der Waals surface area contributed by atoms with Gasteiger partial charge in [-0.1, -0.05) is 18.2 Å². The molecular formula is C10H12O2. The molecule has 0 amide bonds. The second-order valence-electron chi connectivity index (χ2n) is 2.83. The average Bonchev–Trinajstić information content (AvgIpc) is 2.63. The van der Waals surface area contributed by atoms with Gasteiger partial charge in [-0.05, 0) is 12.5 Å². The second-order valence-corrected chi connectivity index (χ2v) is 2.83. The zero-order chi connectivity index (χ0) is 8.81. The summed E-state index contributed by atoms with van der Waals surface area (Å²) in [5.41, 5.74) is 0. The maximum absolute atomic E-state index is 10.2. The number of rotatable bonds is 0. The second kappa shape index (κ2) is 4.65. The molecule has 2 aliphatic carbocycles. The molecule has 64 valence electrons. The summed E-state index contributed by atoms with van der Waals surface area (Å²) < 4.78 is 0. The monoisotopic (exact) mass is 164 g/mol. The van der Waals surface area contributed by atoms with E-state index >= 15 is 0 Å². The van der Waals surface area contributed by atoms with Gasteiger partial charge in [0.05, 0.1) is 0 Å². The number of carbonyl (C=O) groups is 2. The Bertz CT molecular complexity index is 226. The summed E-state index contributed by atoms with van der Waals surface area (Å²) in [6.45, 7) is 0. The highest BCUT2D eigenvalue weighted by atomic mass is 16.1. The van der Waals surface area contributed by atoms with Crippen LogP contribution in [-0.2, 0) is 9.59 Å². The quantitative estimate of drug-likeness (QED) is 0.512. The Kier molecular flexibility index (Phi) is 3.45. The Labute approximate surface area is 72.0 Å². The molecule has 12 heavy (non-hydrogen) atoms. The maximum Gasteiger partial charge on any atom is 0.155 e. The third-order valence-corrected chi connectivity index (χ3v) is 1.72. The third kappa shape index (κ3) is 3.28. The summed E-state index contributed by atoms with van der Waals surface area (Å²) in [6, 6.07) is 0. The predicted octanol–water partition coefficient (Wildman–Crippen LogP) is 1.81. The van der Waals surface area contributed by atoms with E-state index in [9.17, 15) is 9.59 Å². The van der Waals surface area contributed by atoms with Crippen molar-refractivity contribution in [3.8, 4) is 0 Å². The molecule has 2 aliphatic rings. The van der Waals surface area contributed by atoms with Gasteiger partial charge in [-0.25, -0.2) is 0 Å². The maximum atomic E-state index is 10.2. The Hall–Kier alpha value is -1.18. The van der Waals surface area contributed by atoms with E-state index in [4.69, 9.17) is 0 Å². The molecule has 2 rings (SSSR count). The molecule has 0 aromatic rings. The van der Waals surface area contributed by atoms with Crippen molar-refractivity contribution in [3.63, 3.8) is 0 Å². The van der Waals surface area contributed by atoms with Crippen molar-refractivity contribution in [1.29, 1.82) is 0 Å². The molecule has 0 unspecified atom stereocenters. The van der Waals surface area contributed by atoms with Crippen molar-refractivity contribution in [3.05, 3.63) is 24.3 Å². The van der Waals surface area contributed by atoms with Crippen LogP contribution in [0.25, 0.3) is 0 Å². The van der Waals surface area contributed by atoms with Crippen molar-refractivity contribution >= 4 is 11.6 Å². The number of carbonyl (C=O) groups excluding carboxylic acids is 2. The number of ketones is 2. The van der Waals surface area contributed by atoms with Crippen molar-refractivity contribution in [2.75, 3.05) is 0 Å². The molecule has 0 radical (unpaired) electrons. The average molecular weight is 164 g/mol. The molecule has 0 saturated heterocycles. The number of hydrogen-bond donors (Lipinski definition) is 0. The minimum Gasteiger partial charge on any atom is -0.299 e. The van der Waals surface area contributed by atoms with Crippen molar-refractivity contribution in [2.45, 2.75) is 25.7 Å². The van der Waals surface area contributed by atoms with E-state index in [1.807, 2.05) is 18.2 Å². The van der Waals surface area contributed by atoms with E-state index in [2.05, 4.69) is 0 Å². The van der Waals surface area contributed by atoms with Crippen molar-refractivity contribution < 1.29 is 9.59 Å². The molecule has 2 nitrogen and oxygen atoms in total. The first-order valence-corrected chi connectivity index (χ1v) is 4.15. The highest BCUT2D eigenvalue weighted by Gasteiger charge is 1.99. The molecule has 0 aromatic carbocycles. The Morgan fingerprint density at radius 1 is 1.00 bits per heavy atom. The van der Waals surface area contributed by atoms with Crippen LogP contribution in [0.5, 0.6) is 0 Å². The van der Waals surface area contributed by atoms with Gasteiger partial charge in [0.25, 0.3) is 0 Å². The molecule has 0 atom stereocenters. The Morgan fingerprint density at radius 3 is 1.83 bits per heavy atom. The standard InChI is InChI=1S/2C5H6O/c2*6-5-3-1-2-4-5/h1,3H,2,4H2;1-2H,3-4H2. The highest BCUT2D eigenvalue weighted by Crippen LogP contribution is 2.01. The zero-order valence-corrected chi connectivity index (χ0v) is 6.95. The van der Waals surface area contributed by atoms with Crippen LogP contribution in [-0.4, -0.2) is 11.6 Å². The van der Waals surface area contributed by atoms with Gasteiger partial charge in [-0.15, -0.1) is 0 Å².